The minimum absolute atomic E-state index is 0.0190. The molecule has 1 aromatic heterocycles. The van der Waals surface area contributed by atoms with Gasteiger partial charge in [0.05, 0.1) is 13.7 Å². The van der Waals surface area contributed by atoms with Crippen LogP contribution in [0.1, 0.15) is 57.9 Å². The van der Waals surface area contributed by atoms with Crippen molar-refractivity contribution in [3.63, 3.8) is 0 Å². The monoisotopic (exact) mass is 375 g/mol. The van der Waals surface area contributed by atoms with Crippen molar-refractivity contribution in [3.05, 3.63) is 30.2 Å². The van der Waals surface area contributed by atoms with Crippen molar-refractivity contribution < 1.29 is 19.8 Å². The van der Waals surface area contributed by atoms with Gasteiger partial charge in [-0.3, -0.25) is 4.79 Å². The molecule has 0 aliphatic carbocycles. The molecule has 7 nitrogen and oxygen atoms in total. The molecular weight excluding hydrogens is 344 g/mol. The van der Waals surface area contributed by atoms with Crippen molar-refractivity contribution >= 4 is 5.91 Å². The lowest BCUT2D eigenvalue weighted by molar-refractivity contribution is -0.368. The summed E-state index contributed by atoms with van der Waals surface area (Å²) in [4.78, 5) is 16.9. The average molecular weight is 375 g/mol. The normalized spacial score (nSPS) is 13.2. The Kier molecular flexibility index (Phi) is 8.26. The number of benzene rings is 1. The molecule has 148 valence electrons. The van der Waals surface area contributed by atoms with Crippen LogP contribution in [-0.2, 0) is 4.79 Å². The van der Waals surface area contributed by atoms with Gasteiger partial charge in [-0.05, 0) is 37.3 Å². The zero-order chi connectivity index (χ0) is 19.6. The number of nitrogens with one attached hydrogen (secondary N) is 1. The first-order chi connectivity index (χ1) is 13.1. The molecule has 0 unspecified atom stereocenters. The van der Waals surface area contributed by atoms with Crippen LogP contribution >= 0.6 is 0 Å². The van der Waals surface area contributed by atoms with Crippen molar-refractivity contribution in [2.45, 2.75) is 52.0 Å². The van der Waals surface area contributed by atoms with Crippen molar-refractivity contribution in [1.29, 1.82) is 0 Å². The van der Waals surface area contributed by atoms with E-state index in [1.165, 1.54) is 0 Å². The van der Waals surface area contributed by atoms with Crippen LogP contribution in [0, 0.1) is 5.92 Å². The lowest BCUT2D eigenvalue weighted by atomic mass is 9.98. The van der Waals surface area contributed by atoms with Crippen LogP contribution in [-0.4, -0.2) is 29.7 Å². The molecule has 1 aromatic carbocycles. The summed E-state index contributed by atoms with van der Waals surface area (Å²) < 4.78 is 10.7. The summed E-state index contributed by atoms with van der Waals surface area (Å²) in [6.07, 6.45) is 4.34. The number of carbonyl (C=O) groups excluding carboxylic acids is 1. The molecule has 2 aromatic rings. The molecule has 4 N–H and O–H groups in total. The fraction of sp³-hybridized carbons (Fsp3) is 0.550. The van der Waals surface area contributed by atoms with Gasteiger partial charge in [-0.25, -0.2) is 0 Å². The van der Waals surface area contributed by atoms with E-state index < -0.39 is 0 Å². The number of hydrogen-bond acceptors (Lipinski definition) is 5. The Morgan fingerprint density at radius 2 is 2.15 bits per heavy atom. The van der Waals surface area contributed by atoms with E-state index in [-0.39, 0.29) is 17.9 Å². The highest BCUT2D eigenvalue weighted by molar-refractivity contribution is 5.76. The van der Waals surface area contributed by atoms with E-state index in [0.29, 0.717) is 18.1 Å². The molecule has 0 bridgehead atoms. The summed E-state index contributed by atoms with van der Waals surface area (Å²) in [5.74, 6) is 1.86. The first kappa shape index (κ1) is 20.9. The highest BCUT2D eigenvalue weighted by Gasteiger charge is 2.26. The van der Waals surface area contributed by atoms with Crippen molar-refractivity contribution in [2.75, 3.05) is 13.7 Å². The molecule has 0 saturated heterocycles. The molecular formula is C20H31N4O3+. The number of nitrogens with zero attached hydrogens (tertiary/aromatic N) is 2. The highest BCUT2D eigenvalue weighted by atomic mass is 16.5. The summed E-state index contributed by atoms with van der Waals surface area (Å²) in [6.45, 7) is 5.06. The largest absolute Gasteiger partial charge is 0.497 e. The Hall–Kier alpha value is -2.41. The average Bonchev–Trinajstić information content (AvgIpc) is 3.19. The third kappa shape index (κ3) is 6.06. The number of unbranched alkanes of at least 4 members (excludes halogenated alkanes) is 2. The second-order valence-electron chi connectivity index (χ2n) is 6.78. The van der Waals surface area contributed by atoms with E-state index >= 15 is 0 Å². The number of ether oxygens (including phenoxy) is 1. The molecule has 27 heavy (non-hydrogen) atoms. The molecule has 2 atom stereocenters. The molecule has 0 radical (unpaired) electrons. The highest BCUT2D eigenvalue weighted by Crippen LogP contribution is 2.27. The van der Waals surface area contributed by atoms with Gasteiger partial charge in [0.15, 0.2) is 0 Å². The second-order valence-corrected chi connectivity index (χ2v) is 6.78. The summed E-state index contributed by atoms with van der Waals surface area (Å²) in [5.41, 5.74) is 4.64. The standard InChI is InChI=1S/C20H30N4O3/c1-4-14(2)18(22-17(25)11-6-5-7-12-21)20-23-19(24-27-20)15-9-8-10-16(13-15)26-3/h8-10,13-14,18H,4-7,11-12,21H2,1-3H3,(H,22,25)/p+1/t14-,18+/m1/s1. The topological polar surface area (TPSA) is 105 Å². The first-order valence-corrected chi connectivity index (χ1v) is 9.65. The lowest BCUT2D eigenvalue weighted by Gasteiger charge is -2.20. The van der Waals surface area contributed by atoms with Crippen LogP contribution in [0.25, 0.3) is 11.4 Å². The lowest BCUT2D eigenvalue weighted by Crippen LogP contribution is -2.50. The van der Waals surface area contributed by atoms with Crippen molar-refractivity contribution in [1.82, 2.24) is 15.5 Å². The molecule has 0 spiro atoms. The van der Waals surface area contributed by atoms with E-state index in [2.05, 4.69) is 35.0 Å². The third-order valence-electron chi connectivity index (χ3n) is 4.72. The number of quaternary nitrogens is 1. The van der Waals surface area contributed by atoms with Crippen LogP contribution < -0.4 is 15.8 Å². The van der Waals surface area contributed by atoms with Gasteiger partial charge >= 0.3 is 0 Å². The number of rotatable bonds is 11. The number of aromatic nitrogens is 2. The van der Waals surface area contributed by atoms with E-state index in [4.69, 9.17) is 9.26 Å². The fourth-order valence-electron chi connectivity index (χ4n) is 2.81. The summed E-state index contributed by atoms with van der Waals surface area (Å²) in [6, 6.07) is 7.21. The number of hydrogen-bond donors (Lipinski definition) is 2. The summed E-state index contributed by atoms with van der Waals surface area (Å²) in [5, 5.41) is 7.17. The van der Waals surface area contributed by atoms with E-state index in [1.54, 1.807) is 7.11 Å². The third-order valence-corrected chi connectivity index (χ3v) is 4.72. The molecule has 7 heteroatoms. The molecule has 1 amide bonds. The maximum atomic E-state index is 12.3. The zero-order valence-corrected chi connectivity index (χ0v) is 16.5. The Labute approximate surface area is 160 Å². The number of methoxy groups -OCH3 is 1. The smallest absolute Gasteiger partial charge is 0.249 e. The first-order valence-electron chi connectivity index (χ1n) is 9.65. The van der Waals surface area contributed by atoms with Crippen LogP contribution in [0.2, 0.25) is 0 Å². The fourth-order valence-corrected chi connectivity index (χ4v) is 2.81. The maximum absolute atomic E-state index is 12.3. The van der Waals surface area contributed by atoms with Crippen molar-refractivity contribution in [3.8, 4) is 17.1 Å². The Morgan fingerprint density at radius 1 is 1.33 bits per heavy atom. The number of carbonyl (C=O) groups is 1. The van der Waals surface area contributed by atoms with Gasteiger partial charge < -0.3 is 20.3 Å². The van der Waals surface area contributed by atoms with Crippen LogP contribution in [0.3, 0.4) is 0 Å². The van der Waals surface area contributed by atoms with Crippen LogP contribution in [0.4, 0.5) is 0 Å². The predicted molar refractivity (Wildman–Crippen MR) is 103 cm³/mol. The molecule has 2 rings (SSSR count). The zero-order valence-electron chi connectivity index (χ0n) is 16.5. The molecule has 0 saturated carbocycles. The Morgan fingerprint density at radius 3 is 2.85 bits per heavy atom. The molecule has 0 aliphatic heterocycles. The summed E-state index contributed by atoms with van der Waals surface area (Å²) in [7, 11) is 1.62. The number of amides is 1. The van der Waals surface area contributed by atoms with E-state index in [1.807, 2.05) is 24.3 Å². The predicted octanol–water partition coefficient (Wildman–Crippen LogP) is 2.75. The van der Waals surface area contributed by atoms with Gasteiger partial charge in [0.1, 0.15) is 11.8 Å². The van der Waals surface area contributed by atoms with Gasteiger partial charge in [0, 0.05) is 12.0 Å². The Balaban J connectivity index is 2.10. The Bertz CT molecular complexity index is 717. The van der Waals surface area contributed by atoms with Gasteiger partial charge in [0.25, 0.3) is 0 Å². The van der Waals surface area contributed by atoms with Gasteiger partial charge in [-0.2, -0.15) is 4.98 Å². The van der Waals surface area contributed by atoms with E-state index in [9.17, 15) is 4.79 Å². The van der Waals surface area contributed by atoms with Crippen molar-refractivity contribution in [2.24, 2.45) is 5.92 Å². The quantitative estimate of drug-likeness (QED) is 0.588. The van der Waals surface area contributed by atoms with Gasteiger partial charge in [-0.1, -0.05) is 37.6 Å². The minimum Gasteiger partial charge on any atom is -0.497 e. The molecule has 0 fully saturated rings. The van der Waals surface area contributed by atoms with E-state index in [0.717, 1.165) is 43.5 Å². The minimum atomic E-state index is -0.290. The SMILES string of the molecule is CC[C@@H](C)[C@H](NC(=O)CCCCC[NH3+])c1nc(-c2cccc(OC)c2)no1. The van der Waals surface area contributed by atoms with Gasteiger partial charge in [-0.15, -0.1) is 0 Å². The maximum Gasteiger partial charge on any atom is 0.249 e. The van der Waals surface area contributed by atoms with Gasteiger partial charge in [0.2, 0.25) is 17.6 Å². The second kappa shape index (κ2) is 10.7. The van der Waals surface area contributed by atoms with Crippen LogP contribution in [0.5, 0.6) is 5.75 Å². The molecule has 1 heterocycles. The summed E-state index contributed by atoms with van der Waals surface area (Å²) >= 11 is 0. The molecule has 0 aliphatic rings. The van der Waals surface area contributed by atoms with Crippen LogP contribution in [0.15, 0.2) is 28.8 Å².